The summed E-state index contributed by atoms with van der Waals surface area (Å²) in [5.74, 6) is -0.787. The summed E-state index contributed by atoms with van der Waals surface area (Å²) in [5, 5.41) is 3.03. The normalized spacial score (nSPS) is 13.8. The molecule has 1 aromatic rings. The van der Waals surface area contributed by atoms with E-state index in [2.05, 4.69) is 19.2 Å². The molecule has 1 unspecified atom stereocenters. The highest BCUT2D eigenvalue weighted by Gasteiger charge is 2.34. The van der Waals surface area contributed by atoms with Crippen LogP contribution in [0.5, 0.6) is 0 Å². The number of nitrogens with one attached hydrogen (secondary N) is 1. The zero-order chi connectivity index (χ0) is 15.3. The van der Waals surface area contributed by atoms with E-state index in [-0.39, 0.29) is 6.04 Å². The van der Waals surface area contributed by atoms with E-state index in [0.717, 1.165) is 31.4 Å². The highest BCUT2D eigenvalue weighted by Crippen LogP contribution is 2.34. The number of hydrogen-bond donors (Lipinski definition) is 1. The molecule has 0 aliphatic rings. The molecule has 0 fully saturated rings. The SMILES string of the molecule is CCC(CC)CC(NC)c1ccc(F)c(C(F)(F)F)c1. The van der Waals surface area contributed by atoms with Crippen LogP contribution in [-0.4, -0.2) is 7.05 Å². The fraction of sp³-hybridized carbons (Fsp3) is 0.600. The van der Waals surface area contributed by atoms with E-state index < -0.39 is 17.6 Å². The minimum Gasteiger partial charge on any atom is -0.313 e. The maximum Gasteiger partial charge on any atom is 0.419 e. The lowest BCUT2D eigenvalue weighted by Crippen LogP contribution is -2.20. The third-order valence-electron chi connectivity index (χ3n) is 3.77. The molecular weight excluding hydrogens is 270 g/mol. The van der Waals surface area contributed by atoms with Gasteiger partial charge in [-0.15, -0.1) is 0 Å². The van der Waals surface area contributed by atoms with Gasteiger partial charge in [0.25, 0.3) is 0 Å². The van der Waals surface area contributed by atoms with E-state index >= 15 is 0 Å². The van der Waals surface area contributed by atoms with Crippen LogP contribution in [0.4, 0.5) is 17.6 Å². The molecule has 114 valence electrons. The molecular formula is C15H21F4N. The third kappa shape index (κ3) is 4.20. The summed E-state index contributed by atoms with van der Waals surface area (Å²) in [5.41, 5.74) is -0.715. The second-order valence-electron chi connectivity index (χ2n) is 5.00. The lowest BCUT2D eigenvalue weighted by molar-refractivity contribution is -0.140. The van der Waals surface area contributed by atoms with Crippen molar-refractivity contribution in [3.63, 3.8) is 0 Å². The molecule has 1 rings (SSSR count). The van der Waals surface area contributed by atoms with Crippen molar-refractivity contribution in [3.8, 4) is 0 Å². The van der Waals surface area contributed by atoms with Crippen molar-refractivity contribution in [2.75, 3.05) is 7.05 Å². The standard InChI is InChI=1S/C15H21F4N/c1-4-10(5-2)8-14(20-3)11-6-7-13(16)12(9-11)15(17,18)19/h6-7,9-10,14,20H,4-5,8H2,1-3H3. The first-order valence-electron chi connectivity index (χ1n) is 6.87. The van der Waals surface area contributed by atoms with Crippen LogP contribution in [0.2, 0.25) is 0 Å². The van der Waals surface area contributed by atoms with Crippen molar-refractivity contribution in [2.45, 2.75) is 45.3 Å². The Balaban J connectivity index is 3.05. The van der Waals surface area contributed by atoms with Gasteiger partial charge in [0.1, 0.15) is 5.82 Å². The van der Waals surface area contributed by atoms with E-state index in [4.69, 9.17) is 0 Å². The van der Waals surface area contributed by atoms with Gasteiger partial charge in [-0.2, -0.15) is 13.2 Å². The molecule has 0 aromatic heterocycles. The lowest BCUT2D eigenvalue weighted by Gasteiger charge is -2.23. The second kappa shape index (κ2) is 7.07. The van der Waals surface area contributed by atoms with Gasteiger partial charge in [-0.25, -0.2) is 4.39 Å². The third-order valence-corrected chi connectivity index (χ3v) is 3.77. The monoisotopic (exact) mass is 291 g/mol. The quantitative estimate of drug-likeness (QED) is 0.733. The minimum absolute atomic E-state index is 0.193. The molecule has 0 bridgehead atoms. The number of alkyl halides is 3. The van der Waals surface area contributed by atoms with Crippen LogP contribution in [0.15, 0.2) is 18.2 Å². The van der Waals surface area contributed by atoms with E-state index in [1.807, 2.05) is 0 Å². The molecule has 1 atom stereocenters. The largest absolute Gasteiger partial charge is 0.419 e. The molecule has 5 heteroatoms. The van der Waals surface area contributed by atoms with Gasteiger partial charge in [-0.05, 0) is 37.1 Å². The summed E-state index contributed by atoms with van der Waals surface area (Å²) in [6, 6.07) is 3.05. The summed E-state index contributed by atoms with van der Waals surface area (Å²) in [7, 11) is 1.71. The summed E-state index contributed by atoms with van der Waals surface area (Å²) >= 11 is 0. The van der Waals surface area contributed by atoms with Gasteiger partial charge in [-0.3, -0.25) is 0 Å². The molecule has 0 amide bonds. The topological polar surface area (TPSA) is 12.0 Å². The van der Waals surface area contributed by atoms with Crippen LogP contribution in [-0.2, 0) is 6.18 Å². The van der Waals surface area contributed by atoms with Crippen LogP contribution < -0.4 is 5.32 Å². The van der Waals surface area contributed by atoms with Crippen molar-refractivity contribution >= 4 is 0 Å². The Morgan fingerprint density at radius 3 is 2.20 bits per heavy atom. The van der Waals surface area contributed by atoms with Gasteiger partial charge < -0.3 is 5.32 Å². The van der Waals surface area contributed by atoms with E-state index in [0.29, 0.717) is 11.5 Å². The summed E-state index contributed by atoms with van der Waals surface area (Å²) < 4.78 is 51.5. The van der Waals surface area contributed by atoms with E-state index in [9.17, 15) is 17.6 Å². The van der Waals surface area contributed by atoms with Gasteiger partial charge in [0, 0.05) is 6.04 Å². The average Bonchev–Trinajstić information content (AvgIpc) is 2.40. The number of hydrogen-bond acceptors (Lipinski definition) is 1. The summed E-state index contributed by atoms with van der Waals surface area (Å²) in [6.07, 6.45) is -1.97. The molecule has 20 heavy (non-hydrogen) atoms. The molecule has 0 saturated heterocycles. The van der Waals surface area contributed by atoms with Crippen LogP contribution in [0, 0.1) is 11.7 Å². The summed E-state index contributed by atoms with van der Waals surface area (Å²) in [4.78, 5) is 0. The lowest BCUT2D eigenvalue weighted by atomic mass is 9.90. The molecule has 0 spiro atoms. The Bertz CT molecular complexity index is 424. The Morgan fingerprint density at radius 2 is 1.75 bits per heavy atom. The first-order valence-corrected chi connectivity index (χ1v) is 6.87. The Labute approximate surface area is 117 Å². The van der Waals surface area contributed by atoms with Crippen LogP contribution in [0.1, 0.15) is 50.3 Å². The van der Waals surface area contributed by atoms with Crippen molar-refractivity contribution in [2.24, 2.45) is 5.92 Å². The Kier molecular flexibility index (Phi) is 5.99. The second-order valence-corrected chi connectivity index (χ2v) is 5.00. The van der Waals surface area contributed by atoms with Crippen LogP contribution >= 0.6 is 0 Å². The molecule has 0 saturated carbocycles. The smallest absolute Gasteiger partial charge is 0.313 e. The number of benzene rings is 1. The number of rotatable bonds is 6. The van der Waals surface area contributed by atoms with E-state index in [1.54, 1.807) is 7.05 Å². The van der Waals surface area contributed by atoms with Crippen molar-refractivity contribution < 1.29 is 17.6 Å². The van der Waals surface area contributed by atoms with Crippen molar-refractivity contribution in [1.82, 2.24) is 5.32 Å². The van der Waals surface area contributed by atoms with Gasteiger partial charge in [-0.1, -0.05) is 32.8 Å². The summed E-state index contributed by atoms with van der Waals surface area (Å²) in [6.45, 7) is 4.12. The molecule has 0 aliphatic carbocycles. The van der Waals surface area contributed by atoms with E-state index in [1.165, 1.54) is 6.07 Å². The highest BCUT2D eigenvalue weighted by atomic mass is 19.4. The Morgan fingerprint density at radius 1 is 1.15 bits per heavy atom. The molecule has 0 radical (unpaired) electrons. The average molecular weight is 291 g/mol. The van der Waals surface area contributed by atoms with Gasteiger partial charge >= 0.3 is 6.18 Å². The maximum atomic E-state index is 13.3. The van der Waals surface area contributed by atoms with Gasteiger partial charge in [0.05, 0.1) is 5.56 Å². The molecule has 0 aliphatic heterocycles. The fourth-order valence-electron chi connectivity index (χ4n) is 2.35. The number of halogens is 4. The maximum absolute atomic E-state index is 13.3. The first-order chi connectivity index (χ1) is 9.33. The predicted molar refractivity (Wildman–Crippen MR) is 71.9 cm³/mol. The van der Waals surface area contributed by atoms with Crippen LogP contribution in [0.3, 0.4) is 0 Å². The van der Waals surface area contributed by atoms with Crippen molar-refractivity contribution in [3.05, 3.63) is 35.1 Å². The zero-order valence-electron chi connectivity index (χ0n) is 12.0. The minimum atomic E-state index is -4.66. The highest BCUT2D eigenvalue weighted by molar-refractivity contribution is 5.29. The molecule has 1 nitrogen and oxygen atoms in total. The molecule has 0 heterocycles. The molecule has 1 aromatic carbocycles. The van der Waals surface area contributed by atoms with Gasteiger partial charge in [0.15, 0.2) is 0 Å². The van der Waals surface area contributed by atoms with Crippen molar-refractivity contribution in [1.29, 1.82) is 0 Å². The zero-order valence-corrected chi connectivity index (χ0v) is 12.0. The first kappa shape index (κ1) is 17.0. The Hall–Kier alpha value is -1.10. The fourth-order valence-corrected chi connectivity index (χ4v) is 2.35. The predicted octanol–water partition coefficient (Wildman–Crippen LogP) is 4.93. The van der Waals surface area contributed by atoms with Gasteiger partial charge in [0.2, 0.25) is 0 Å². The van der Waals surface area contributed by atoms with Crippen LogP contribution in [0.25, 0.3) is 0 Å². The molecule has 1 N–H and O–H groups in total.